The van der Waals surface area contributed by atoms with E-state index in [0.717, 1.165) is 18.4 Å². The third kappa shape index (κ3) is 12.4. The molecule has 1 aliphatic heterocycles. The van der Waals surface area contributed by atoms with Crippen LogP contribution in [0.3, 0.4) is 0 Å². The first-order valence-corrected chi connectivity index (χ1v) is 24.9. The smallest absolute Gasteiger partial charge is 0.346 e. The Morgan fingerprint density at radius 3 is 2.31 bits per heavy atom. The van der Waals surface area contributed by atoms with Crippen molar-refractivity contribution in [3.05, 3.63) is 93.0 Å². The summed E-state index contributed by atoms with van der Waals surface area (Å²) < 4.78 is 160. The molecule has 71 heavy (non-hydrogen) atoms. The van der Waals surface area contributed by atoms with Crippen LogP contribution in [0.2, 0.25) is 5.02 Å². The maximum Gasteiger partial charge on any atom is 0.435 e. The van der Waals surface area contributed by atoms with Crippen LogP contribution in [0.5, 0.6) is 0 Å². The van der Waals surface area contributed by atoms with E-state index in [9.17, 15) is 48.9 Å². The Morgan fingerprint density at radius 2 is 1.68 bits per heavy atom. The van der Waals surface area contributed by atoms with Gasteiger partial charge in [-0.2, -0.15) is 49.6 Å². The van der Waals surface area contributed by atoms with Gasteiger partial charge in [0.05, 0.1) is 32.4 Å². The molecule has 5 aromatic rings. The Balaban J connectivity index is 1.41. The summed E-state index contributed by atoms with van der Waals surface area (Å²) in [7, 11) is -2.27. The molecule has 3 aromatic heterocycles. The molecule has 2 unspecified atom stereocenters. The summed E-state index contributed by atoms with van der Waals surface area (Å²) in [4.78, 5) is 34.7. The highest BCUT2D eigenvalue weighted by Crippen LogP contribution is 2.47. The minimum atomic E-state index is -5.16. The van der Waals surface area contributed by atoms with Crippen LogP contribution in [0.1, 0.15) is 60.2 Å². The number of rotatable bonds is 14. The fourth-order valence-corrected chi connectivity index (χ4v) is 9.38. The fourth-order valence-electron chi connectivity index (χ4n) is 8.32. The molecule has 382 valence electrons. The zero-order valence-electron chi connectivity index (χ0n) is 38.2. The molecule has 13 nitrogen and oxygen atoms in total. The zero-order valence-corrected chi connectivity index (χ0v) is 40.6. The van der Waals surface area contributed by atoms with Gasteiger partial charge in [-0.1, -0.05) is 23.6 Å². The van der Waals surface area contributed by atoms with E-state index in [2.05, 4.69) is 42.9 Å². The van der Waals surface area contributed by atoms with E-state index in [4.69, 9.17) is 16.6 Å². The molecular formula is C45H45ClF10N10O3S2. The first-order valence-electron chi connectivity index (χ1n) is 21.7. The van der Waals surface area contributed by atoms with Gasteiger partial charge in [-0.25, -0.2) is 22.8 Å². The Morgan fingerprint density at radius 1 is 1.00 bits per heavy atom. The average Bonchev–Trinajstić information content (AvgIpc) is 3.93. The zero-order chi connectivity index (χ0) is 51.8. The number of hydrogen-bond acceptors (Lipinski definition) is 9. The Hall–Kier alpha value is -5.42. The molecule has 2 aromatic carbocycles. The van der Waals surface area contributed by atoms with Gasteiger partial charge in [0.2, 0.25) is 5.91 Å². The minimum Gasteiger partial charge on any atom is -0.346 e. The second-order valence-electron chi connectivity index (χ2n) is 17.2. The maximum atomic E-state index is 15.2. The molecule has 2 atom stereocenters. The summed E-state index contributed by atoms with van der Waals surface area (Å²) in [5.41, 5.74) is -4.47. The van der Waals surface area contributed by atoms with Gasteiger partial charge < -0.3 is 16.0 Å². The number of pyridine rings is 1. The number of hydrogen-bond donors (Lipinski definition) is 3. The molecule has 0 saturated carbocycles. The molecule has 3 amide bonds. The quantitative estimate of drug-likeness (QED) is 0.0743. The molecule has 2 aliphatic rings. The van der Waals surface area contributed by atoms with Crippen LogP contribution in [0.25, 0.3) is 22.0 Å². The lowest BCUT2D eigenvalue weighted by atomic mass is 9.93. The van der Waals surface area contributed by atoms with Gasteiger partial charge in [0.25, 0.3) is 5.92 Å². The molecule has 1 saturated heterocycles. The molecule has 4 heterocycles. The maximum absolute atomic E-state index is 15.2. The average molecular weight is 1060 g/mol. The van der Waals surface area contributed by atoms with Gasteiger partial charge in [-0.05, 0) is 74.8 Å². The van der Waals surface area contributed by atoms with Gasteiger partial charge in [-0.15, -0.1) is 11.8 Å². The lowest BCUT2D eigenvalue weighted by molar-refractivity contribution is -0.142. The lowest BCUT2D eigenvalue weighted by Gasteiger charge is -2.27. The van der Waals surface area contributed by atoms with Crippen molar-refractivity contribution in [2.24, 2.45) is 0 Å². The molecule has 26 heteroatoms. The highest BCUT2D eigenvalue weighted by Gasteiger charge is 2.50. The molecule has 1 aliphatic carbocycles. The van der Waals surface area contributed by atoms with Crippen LogP contribution in [-0.2, 0) is 53.8 Å². The van der Waals surface area contributed by atoms with Crippen molar-refractivity contribution >= 4 is 63.0 Å². The predicted octanol–water partition coefficient (Wildman–Crippen LogP) is 8.15. The standard InChI is InChI=1S/C45H45ClF10N10O3S2/c1-42(2,70-3)11-9-28-5-6-29(30-7-8-32(46)35-37(30)65(24-44(51,52)53)62-40(35)66(71(4)69)41(68)58-15-18-63-16-13-57-14-17-63)36(59-28)33(21-25-19-26(47)22-27(48)20-25)60-34(67)23-64-39-31(10-12-43(39,49)50)38(61-64)45(54,55)56/h5-8,19-20,22,33,57H,10,12-18,21,23-24H2,1-4H3,(H,58,68)(H,60,67). The monoisotopic (exact) mass is 1060 g/mol. The van der Waals surface area contributed by atoms with Crippen molar-refractivity contribution in [2.75, 3.05) is 56.1 Å². The van der Waals surface area contributed by atoms with Crippen molar-refractivity contribution in [2.45, 2.75) is 75.3 Å². The van der Waals surface area contributed by atoms with Crippen LogP contribution in [0.4, 0.5) is 54.5 Å². The predicted molar refractivity (Wildman–Crippen MR) is 248 cm³/mol. The van der Waals surface area contributed by atoms with Gasteiger partial charge >= 0.3 is 18.4 Å². The minimum absolute atomic E-state index is 0.00893. The summed E-state index contributed by atoms with van der Waals surface area (Å²) in [6.45, 7) is 3.82. The van der Waals surface area contributed by atoms with Crippen molar-refractivity contribution in [1.82, 2.24) is 45.4 Å². The number of halogens is 11. The number of amides is 3. The van der Waals surface area contributed by atoms with E-state index in [1.165, 1.54) is 36.0 Å². The number of thioether (sulfide) groups is 1. The van der Waals surface area contributed by atoms with Crippen LogP contribution in [0.15, 0.2) is 42.5 Å². The van der Waals surface area contributed by atoms with E-state index in [-0.39, 0.29) is 55.2 Å². The molecule has 1 fully saturated rings. The second kappa shape index (κ2) is 21.0. The Bertz CT molecular complexity index is 2910. The number of benzene rings is 2. The molecule has 0 bridgehead atoms. The number of nitrogens with zero attached hydrogens (tertiary/aromatic N) is 7. The van der Waals surface area contributed by atoms with E-state index in [1.807, 2.05) is 0 Å². The normalized spacial score (nSPS) is 16.0. The number of anilines is 1. The van der Waals surface area contributed by atoms with Gasteiger partial charge in [0, 0.05) is 74.7 Å². The second-order valence-corrected chi connectivity index (χ2v) is 20.2. The fraction of sp³-hybridized carbons (Fsp3) is 0.444. The molecule has 7 rings (SSSR count). The number of alkyl halides is 8. The number of piperazine rings is 1. The van der Waals surface area contributed by atoms with Gasteiger partial charge in [-0.3, -0.25) is 19.1 Å². The van der Waals surface area contributed by atoms with Gasteiger partial charge in [0.15, 0.2) is 11.5 Å². The van der Waals surface area contributed by atoms with Crippen molar-refractivity contribution in [3.8, 4) is 23.0 Å². The van der Waals surface area contributed by atoms with E-state index in [1.54, 1.807) is 20.1 Å². The van der Waals surface area contributed by atoms with Gasteiger partial charge in [0.1, 0.15) is 47.1 Å². The highest BCUT2D eigenvalue weighted by atomic mass is 35.5. The van der Waals surface area contributed by atoms with Crippen LogP contribution >= 0.6 is 23.4 Å². The number of urea groups is 1. The number of carbonyl (C=O) groups is 2. The SMILES string of the molecule is CSC(C)(C)C#Cc1ccc(-c2ccc(Cl)c3c(N(C(=O)NCCN4CCNCC4)S(C)=O)nn(CC(F)(F)F)c23)c(C(Cc2cc(F)cc(F)c2)NC(=O)Cn2nc(C(F)(F)F)c3c2C(F)(F)CC3)n1. The number of nitrogens with one attached hydrogen (secondary N) is 3. The Kier molecular flexibility index (Phi) is 15.8. The third-order valence-corrected chi connectivity index (χ3v) is 13.9. The topological polar surface area (TPSA) is 142 Å². The summed E-state index contributed by atoms with van der Waals surface area (Å²) in [5, 5.41) is 15.4. The summed E-state index contributed by atoms with van der Waals surface area (Å²) >= 11 is 8.14. The van der Waals surface area contributed by atoms with Crippen molar-refractivity contribution < 1.29 is 57.7 Å². The summed E-state index contributed by atoms with van der Waals surface area (Å²) in [6, 6.07) is 5.08. The van der Waals surface area contributed by atoms with Crippen molar-refractivity contribution in [3.63, 3.8) is 0 Å². The molecule has 3 N–H and O–H groups in total. The van der Waals surface area contributed by atoms with E-state index in [0.29, 0.717) is 47.8 Å². The number of carbonyl (C=O) groups excluding carboxylic acids is 2. The highest BCUT2D eigenvalue weighted by molar-refractivity contribution is 8.00. The lowest BCUT2D eigenvalue weighted by Crippen LogP contribution is -2.48. The van der Waals surface area contributed by atoms with Crippen LogP contribution in [-0.4, -0.2) is 108 Å². The van der Waals surface area contributed by atoms with Crippen LogP contribution < -0.4 is 20.3 Å². The number of fused-ring (bicyclic) bond motifs is 2. The largest absolute Gasteiger partial charge is 0.435 e. The Labute approximate surface area is 412 Å². The number of aromatic nitrogens is 5. The van der Waals surface area contributed by atoms with Crippen LogP contribution in [0, 0.1) is 23.5 Å². The molecule has 0 radical (unpaired) electrons. The van der Waals surface area contributed by atoms with E-state index < -0.39 is 119 Å². The first kappa shape index (κ1) is 53.4. The molecule has 0 spiro atoms. The third-order valence-electron chi connectivity index (χ3n) is 11.6. The van der Waals surface area contributed by atoms with E-state index >= 15 is 8.78 Å². The summed E-state index contributed by atoms with van der Waals surface area (Å²) in [6.07, 6.45) is -9.47. The molecular weight excluding hydrogens is 1020 g/mol. The van der Waals surface area contributed by atoms with Crippen molar-refractivity contribution in [1.29, 1.82) is 0 Å². The first-order chi connectivity index (χ1) is 33.2. The summed E-state index contributed by atoms with van der Waals surface area (Å²) in [5.74, 6) is -1.73.